The van der Waals surface area contributed by atoms with E-state index in [2.05, 4.69) is 0 Å². The van der Waals surface area contributed by atoms with Crippen LogP contribution in [-0.2, 0) is 30.3 Å². The van der Waals surface area contributed by atoms with Crippen molar-refractivity contribution < 1.29 is 28.5 Å². The second-order valence-corrected chi connectivity index (χ2v) is 6.58. The number of fused-ring (bicyclic) bond motifs is 7. The molecule has 4 atom stereocenters. The maximum absolute atomic E-state index is 12.9. The number of ketones is 1. The van der Waals surface area contributed by atoms with Gasteiger partial charge in [0.1, 0.15) is 6.10 Å². The number of Topliss-reactive ketones (excluding diaryl/α,β-unsaturated/α-hetero) is 1. The standard InChI is InChI=1S/C20H16O6/c1-23-18(22)12-8-4-5-9-13(12)19-17(26-19)16-15(21)11-7-3-6-10-14(11)20(19,24-2)25-16/h3-10,16-17H,1-2H3/t16-,17-,19-,20+/m0/s1. The van der Waals surface area contributed by atoms with Crippen LogP contribution >= 0.6 is 0 Å². The lowest BCUT2D eigenvalue weighted by Crippen LogP contribution is -2.47. The molecule has 3 aliphatic heterocycles. The van der Waals surface area contributed by atoms with E-state index in [0.29, 0.717) is 22.3 Å². The smallest absolute Gasteiger partial charge is 0.338 e. The number of epoxide rings is 1. The van der Waals surface area contributed by atoms with E-state index in [1.165, 1.54) is 14.2 Å². The van der Waals surface area contributed by atoms with Crippen molar-refractivity contribution in [2.24, 2.45) is 0 Å². The van der Waals surface area contributed by atoms with Gasteiger partial charge in [0, 0.05) is 23.8 Å². The van der Waals surface area contributed by atoms with E-state index in [1.54, 1.807) is 30.3 Å². The number of carbonyl (C=O) groups excluding carboxylic acids is 2. The van der Waals surface area contributed by atoms with Crippen molar-refractivity contribution in [2.75, 3.05) is 14.2 Å². The number of methoxy groups -OCH3 is 2. The minimum Gasteiger partial charge on any atom is -0.465 e. The Morgan fingerprint density at radius 3 is 2.42 bits per heavy atom. The van der Waals surface area contributed by atoms with Gasteiger partial charge in [-0.15, -0.1) is 0 Å². The predicted octanol–water partition coefficient (Wildman–Crippen LogP) is 2.16. The van der Waals surface area contributed by atoms with Gasteiger partial charge in [-0.2, -0.15) is 0 Å². The van der Waals surface area contributed by atoms with Crippen molar-refractivity contribution in [1.29, 1.82) is 0 Å². The third-order valence-electron chi connectivity index (χ3n) is 5.54. The summed E-state index contributed by atoms with van der Waals surface area (Å²) in [5.74, 6) is -1.90. The van der Waals surface area contributed by atoms with E-state index in [9.17, 15) is 9.59 Å². The van der Waals surface area contributed by atoms with Crippen molar-refractivity contribution in [3.05, 3.63) is 70.8 Å². The summed E-state index contributed by atoms with van der Waals surface area (Å²) in [6.07, 6.45) is -1.29. The lowest BCUT2D eigenvalue weighted by molar-refractivity contribution is -0.276. The minimum atomic E-state index is -1.29. The molecule has 0 aliphatic carbocycles. The molecule has 0 saturated carbocycles. The first-order valence-corrected chi connectivity index (χ1v) is 8.33. The number of benzene rings is 2. The molecule has 3 aliphatic rings. The summed E-state index contributed by atoms with van der Waals surface area (Å²) in [5.41, 5.74) is 1.08. The van der Waals surface area contributed by atoms with Gasteiger partial charge in [0.15, 0.2) is 17.5 Å². The molecule has 132 valence electrons. The van der Waals surface area contributed by atoms with Gasteiger partial charge in [0.05, 0.1) is 12.7 Å². The highest BCUT2D eigenvalue weighted by Crippen LogP contribution is 2.69. The van der Waals surface area contributed by atoms with E-state index in [1.807, 2.05) is 18.2 Å². The van der Waals surface area contributed by atoms with Crippen LogP contribution in [0.2, 0.25) is 0 Å². The molecule has 0 amide bonds. The molecule has 0 aromatic heterocycles. The van der Waals surface area contributed by atoms with Crippen LogP contribution in [0, 0.1) is 0 Å². The second-order valence-electron chi connectivity index (χ2n) is 6.58. The fourth-order valence-electron chi connectivity index (χ4n) is 4.43. The van der Waals surface area contributed by atoms with E-state index < -0.39 is 29.6 Å². The Morgan fingerprint density at radius 2 is 1.69 bits per heavy atom. The van der Waals surface area contributed by atoms with Gasteiger partial charge in [0.2, 0.25) is 5.79 Å². The number of ether oxygens (including phenoxy) is 4. The molecule has 5 rings (SSSR count). The quantitative estimate of drug-likeness (QED) is 0.623. The first-order chi connectivity index (χ1) is 12.6. The Morgan fingerprint density at radius 1 is 1.00 bits per heavy atom. The van der Waals surface area contributed by atoms with Crippen LogP contribution in [0.1, 0.15) is 31.8 Å². The lowest BCUT2D eigenvalue weighted by atomic mass is 9.82. The SMILES string of the molecule is COC(=O)c1ccccc1[C@]12O[C@H]1[C@H]1O[C@]2(OC)c2ccccc2C1=O. The van der Waals surface area contributed by atoms with Crippen molar-refractivity contribution >= 4 is 11.8 Å². The van der Waals surface area contributed by atoms with E-state index in [0.717, 1.165) is 0 Å². The number of esters is 1. The van der Waals surface area contributed by atoms with Gasteiger partial charge >= 0.3 is 5.97 Å². The number of rotatable bonds is 3. The summed E-state index contributed by atoms with van der Waals surface area (Å²) in [5, 5.41) is 0. The molecule has 26 heavy (non-hydrogen) atoms. The fourth-order valence-corrected chi connectivity index (χ4v) is 4.43. The van der Waals surface area contributed by atoms with Crippen LogP contribution in [0.15, 0.2) is 48.5 Å². The Kier molecular flexibility index (Phi) is 3.02. The van der Waals surface area contributed by atoms with Crippen molar-refractivity contribution in [3.63, 3.8) is 0 Å². The van der Waals surface area contributed by atoms with E-state index in [4.69, 9.17) is 18.9 Å². The highest BCUT2D eigenvalue weighted by molar-refractivity contribution is 6.04. The monoisotopic (exact) mass is 352 g/mol. The van der Waals surface area contributed by atoms with Crippen LogP contribution in [0.3, 0.4) is 0 Å². The van der Waals surface area contributed by atoms with E-state index in [-0.39, 0.29) is 5.78 Å². The molecule has 2 aromatic rings. The maximum atomic E-state index is 12.9. The molecule has 0 spiro atoms. The van der Waals surface area contributed by atoms with Crippen LogP contribution in [0.5, 0.6) is 0 Å². The Balaban J connectivity index is 1.79. The molecule has 6 nitrogen and oxygen atoms in total. The van der Waals surface area contributed by atoms with Gasteiger partial charge in [-0.05, 0) is 6.07 Å². The molecular formula is C20H16O6. The van der Waals surface area contributed by atoms with Crippen molar-refractivity contribution in [3.8, 4) is 0 Å². The minimum absolute atomic E-state index is 0.131. The largest absolute Gasteiger partial charge is 0.465 e. The maximum Gasteiger partial charge on any atom is 0.338 e. The summed E-state index contributed by atoms with van der Waals surface area (Å²) in [7, 11) is 2.85. The first kappa shape index (κ1) is 15.7. The number of carbonyl (C=O) groups is 2. The first-order valence-electron chi connectivity index (χ1n) is 8.33. The number of hydrogen-bond donors (Lipinski definition) is 0. The zero-order valence-electron chi connectivity index (χ0n) is 14.2. The lowest BCUT2D eigenvalue weighted by Gasteiger charge is -2.39. The average Bonchev–Trinajstić information content (AvgIpc) is 3.40. The zero-order chi connectivity index (χ0) is 18.1. The summed E-state index contributed by atoms with van der Waals surface area (Å²) < 4.78 is 23.0. The Labute approximate surface area is 149 Å². The molecule has 0 N–H and O–H groups in total. The molecule has 2 fully saturated rings. The van der Waals surface area contributed by atoms with Crippen LogP contribution < -0.4 is 0 Å². The summed E-state index contributed by atoms with van der Waals surface area (Å²) in [4.78, 5) is 25.2. The molecule has 0 radical (unpaired) electrons. The third-order valence-corrected chi connectivity index (χ3v) is 5.54. The second kappa shape index (κ2) is 5.01. The predicted molar refractivity (Wildman–Crippen MR) is 88.7 cm³/mol. The molecular weight excluding hydrogens is 336 g/mol. The highest BCUT2D eigenvalue weighted by atomic mass is 16.8. The Hall–Kier alpha value is -2.54. The van der Waals surface area contributed by atoms with Gasteiger partial charge in [-0.1, -0.05) is 42.5 Å². The fraction of sp³-hybridized carbons (Fsp3) is 0.300. The molecule has 2 bridgehead atoms. The topological polar surface area (TPSA) is 74.4 Å². The van der Waals surface area contributed by atoms with E-state index >= 15 is 0 Å². The molecule has 2 aromatic carbocycles. The van der Waals surface area contributed by atoms with Gasteiger partial charge in [-0.25, -0.2) is 4.79 Å². The van der Waals surface area contributed by atoms with Gasteiger partial charge in [0.25, 0.3) is 0 Å². The molecule has 6 heteroatoms. The molecule has 3 heterocycles. The zero-order valence-corrected chi connectivity index (χ0v) is 14.2. The van der Waals surface area contributed by atoms with Gasteiger partial charge < -0.3 is 18.9 Å². The van der Waals surface area contributed by atoms with Crippen LogP contribution in [0.25, 0.3) is 0 Å². The normalized spacial score (nSPS) is 33.4. The summed E-state index contributed by atoms with van der Waals surface area (Å²) in [6.45, 7) is 0. The molecule has 2 saturated heterocycles. The van der Waals surface area contributed by atoms with Crippen molar-refractivity contribution in [1.82, 2.24) is 0 Å². The average molecular weight is 352 g/mol. The highest BCUT2D eigenvalue weighted by Gasteiger charge is 2.84. The van der Waals surface area contributed by atoms with Gasteiger partial charge in [-0.3, -0.25) is 4.79 Å². The summed E-state index contributed by atoms with van der Waals surface area (Å²) in [6, 6.07) is 14.3. The Bertz CT molecular complexity index is 953. The number of hydrogen-bond acceptors (Lipinski definition) is 6. The van der Waals surface area contributed by atoms with Crippen molar-refractivity contribution in [2.45, 2.75) is 23.6 Å². The molecule has 0 unspecified atom stereocenters. The summed E-state index contributed by atoms with van der Waals surface area (Å²) >= 11 is 0. The van der Waals surface area contributed by atoms with Crippen LogP contribution in [-0.4, -0.2) is 38.2 Å². The third kappa shape index (κ3) is 1.58. The van der Waals surface area contributed by atoms with Crippen LogP contribution in [0.4, 0.5) is 0 Å².